The predicted octanol–water partition coefficient (Wildman–Crippen LogP) is 0.294. The van der Waals surface area contributed by atoms with E-state index in [1.807, 2.05) is 0 Å². The van der Waals surface area contributed by atoms with Crippen LogP contribution in [0.4, 0.5) is 0 Å². The van der Waals surface area contributed by atoms with Crippen LogP contribution in [0.25, 0.3) is 0 Å². The van der Waals surface area contributed by atoms with E-state index in [-0.39, 0.29) is 23.8 Å². The van der Waals surface area contributed by atoms with Gasteiger partial charge in [-0.1, -0.05) is 12.8 Å². The highest BCUT2D eigenvalue weighted by molar-refractivity contribution is 5.96. The van der Waals surface area contributed by atoms with E-state index in [9.17, 15) is 14.4 Å². The van der Waals surface area contributed by atoms with Gasteiger partial charge in [0.2, 0.25) is 0 Å². The second-order valence-corrected chi connectivity index (χ2v) is 4.36. The van der Waals surface area contributed by atoms with Crippen LogP contribution in [-0.4, -0.2) is 29.1 Å². The van der Waals surface area contributed by atoms with Crippen LogP contribution >= 0.6 is 0 Å². The van der Waals surface area contributed by atoms with Gasteiger partial charge in [0.25, 0.3) is 0 Å². The molecule has 1 heterocycles. The maximum atomic E-state index is 11.0. The standard InChI is InChI=1S/C8H10O3.C3H7NO2/c9-7-5-3-1-2-4-6(5)8(10)11-7;1-2(4)3(5)6/h5-6H,1-4H2;2H,4H2,1H3,(H,5,6)/t5-,6+;. The van der Waals surface area contributed by atoms with Crippen molar-refractivity contribution in [1.29, 1.82) is 0 Å². The summed E-state index contributed by atoms with van der Waals surface area (Å²) in [5.74, 6) is -1.75. The SMILES string of the molecule is CC(N)C(=O)O.O=C1OC(=O)[C@@H]2CCCC[C@H]12. The fourth-order valence-corrected chi connectivity index (χ4v) is 1.95. The van der Waals surface area contributed by atoms with Crippen molar-refractivity contribution in [2.75, 3.05) is 0 Å². The third-order valence-corrected chi connectivity index (χ3v) is 2.96. The summed E-state index contributed by atoms with van der Waals surface area (Å²) in [4.78, 5) is 31.5. The van der Waals surface area contributed by atoms with E-state index in [0.717, 1.165) is 25.7 Å². The topological polar surface area (TPSA) is 107 Å². The molecule has 1 aliphatic heterocycles. The van der Waals surface area contributed by atoms with Gasteiger partial charge in [-0.25, -0.2) is 0 Å². The molecule has 0 aromatic carbocycles. The molecule has 0 aromatic rings. The molecule has 1 saturated heterocycles. The highest BCUT2D eigenvalue weighted by Crippen LogP contribution is 2.36. The number of rotatable bonds is 1. The summed E-state index contributed by atoms with van der Waals surface area (Å²) < 4.78 is 4.53. The minimum absolute atomic E-state index is 0.101. The molecular formula is C11H17NO5. The Morgan fingerprint density at radius 2 is 1.65 bits per heavy atom. The highest BCUT2D eigenvalue weighted by Gasteiger charge is 2.44. The summed E-state index contributed by atoms with van der Waals surface area (Å²) >= 11 is 0. The molecule has 6 heteroatoms. The summed E-state index contributed by atoms with van der Waals surface area (Å²) in [5, 5.41) is 7.87. The van der Waals surface area contributed by atoms with Crippen molar-refractivity contribution in [1.82, 2.24) is 0 Å². The first kappa shape index (κ1) is 13.6. The number of carboxylic acid groups (broad SMARTS) is 1. The Balaban J connectivity index is 0.000000209. The van der Waals surface area contributed by atoms with Crippen LogP contribution in [0.5, 0.6) is 0 Å². The third-order valence-electron chi connectivity index (χ3n) is 2.96. The van der Waals surface area contributed by atoms with Crippen molar-refractivity contribution in [3.8, 4) is 0 Å². The first-order valence-electron chi connectivity index (χ1n) is 5.67. The molecule has 0 spiro atoms. The van der Waals surface area contributed by atoms with Crippen molar-refractivity contribution in [2.24, 2.45) is 17.6 Å². The summed E-state index contributed by atoms with van der Waals surface area (Å²) in [5.41, 5.74) is 4.84. The van der Waals surface area contributed by atoms with Crippen molar-refractivity contribution in [3.05, 3.63) is 0 Å². The Morgan fingerprint density at radius 1 is 1.29 bits per heavy atom. The zero-order valence-corrected chi connectivity index (χ0v) is 9.72. The lowest BCUT2D eigenvalue weighted by Crippen LogP contribution is -2.25. The van der Waals surface area contributed by atoms with Gasteiger partial charge in [0, 0.05) is 0 Å². The van der Waals surface area contributed by atoms with Crippen LogP contribution in [0.15, 0.2) is 0 Å². The molecule has 0 aromatic heterocycles. The minimum atomic E-state index is -0.963. The average molecular weight is 243 g/mol. The molecule has 2 aliphatic rings. The van der Waals surface area contributed by atoms with E-state index < -0.39 is 12.0 Å². The Morgan fingerprint density at radius 3 is 1.94 bits per heavy atom. The second-order valence-electron chi connectivity index (χ2n) is 4.36. The fraction of sp³-hybridized carbons (Fsp3) is 0.727. The maximum absolute atomic E-state index is 11.0. The number of fused-ring (bicyclic) bond motifs is 1. The normalized spacial score (nSPS) is 28.6. The van der Waals surface area contributed by atoms with Gasteiger partial charge in [0.15, 0.2) is 0 Å². The van der Waals surface area contributed by atoms with Gasteiger partial charge in [-0.2, -0.15) is 0 Å². The second kappa shape index (κ2) is 5.77. The third kappa shape index (κ3) is 3.52. The molecule has 2 fully saturated rings. The smallest absolute Gasteiger partial charge is 0.320 e. The van der Waals surface area contributed by atoms with Gasteiger partial charge in [0.05, 0.1) is 11.8 Å². The number of carboxylic acids is 1. The van der Waals surface area contributed by atoms with Gasteiger partial charge < -0.3 is 15.6 Å². The molecule has 17 heavy (non-hydrogen) atoms. The average Bonchev–Trinajstić information content (AvgIpc) is 2.56. The number of hydrogen-bond acceptors (Lipinski definition) is 5. The Hall–Kier alpha value is -1.43. The molecule has 1 aliphatic carbocycles. The number of esters is 2. The van der Waals surface area contributed by atoms with Crippen molar-refractivity contribution in [2.45, 2.75) is 38.6 Å². The van der Waals surface area contributed by atoms with Gasteiger partial charge in [0.1, 0.15) is 6.04 Å². The molecule has 0 bridgehead atoms. The molecule has 0 amide bonds. The molecular weight excluding hydrogens is 226 g/mol. The van der Waals surface area contributed by atoms with Crippen LogP contribution in [0.1, 0.15) is 32.6 Å². The number of carbonyl (C=O) groups excluding carboxylic acids is 2. The summed E-state index contributed by atoms with van der Waals surface area (Å²) in [6.07, 6.45) is 3.80. The van der Waals surface area contributed by atoms with Gasteiger partial charge in [-0.15, -0.1) is 0 Å². The summed E-state index contributed by atoms with van der Waals surface area (Å²) in [6, 6.07) is -0.731. The molecule has 1 saturated carbocycles. The number of aliphatic carboxylic acids is 1. The molecule has 6 nitrogen and oxygen atoms in total. The quantitative estimate of drug-likeness (QED) is 0.506. The van der Waals surface area contributed by atoms with E-state index in [4.69, 9.17) is 10.8 Å². The lowest BCUT2D eigenvalue weighted by molar-refractivity contribution is -0.153. The van der Waals surface area contributed by atoms with Crippen LogP contribution in [0, 0.1) is 11.8 Å². The minimum Gasteiger partial charge on any atom is -0.480 e. The Labute approximate surface area is 99.1 Å². The number of ether oxygens (including phenoxy) is 1. The first-order valence-corrected chi connectivity index (χ1v) is 5.67. The zero-order valence-electron chi connectivity index (χ0n) is 9.72. The van der Waals surface area contributed by atoms with E-state index in [1.165, 1.54) is 6.92 Å². The van der Waals surface area contributed by atoms with E-state index in [1.54, 1.807) is 0 Å². The predicted molar refractivity (Wildman–Crippen MR) is 57.8 cm³/mol. The van der Waals surface area contributed by atoms with Crippen molar-refractivity contribution >= 4 is 17.9 Å². The van der Waals surface area contributed by atoms with Gasteiger partial charge in [-0.3, -0.25) is 14.4 Å². The highest BCUT2D eigenvalue weighted by atomic mass is 16.6. The van der Waals surface area contributed by atoms with Crippen LogP contribution < -0.4 is 5.73 Å². The summed E-state index contributed by atoms with van der Waals surface area (Å²) in [7, 11) is 0. The van der Waals surface area contributed by atoms with E-state index in [0.29, 0.717) is 0 Å². The summed E-state index contributed by atoms with van der Waals surface area (Å²) in [6.45, 7) is 1.42. The molecule has 3 N–H and O–H groups in total. The molecule has 3 atom stereocenters. The molecule has 1 unspecified atom stereocenters. The first-order chi connectivity index (χ1) is 7.93. The van der Waals surface area contributed by atoms with Crippen LogP contribution in [0.3, 0.4) is 0 Å². The number of cyclic esters (lactones) is 2. The largest absolute Gasteiger partial charge is 0.480 e. The molecule has 96 valence electrons. The Bertz CT molecular complexity index is 304. The molecule has 0 radical (unpaired) electrons. The van der Waals surface area contributed by atoms with Crippen LogP contribution in [-0.2, 0) is 19.1 Å². The van der Waals surface area contributed by atoms with Crippen LogP contribution in [0.2, 0.25) is 0 Å². The number of nitrogens with two attached hydrogens (primary N) is 1. The fourth-order valence-electron chi connectivity index (χ4n) is 1.95. The van der Waals surface area contributed by atoms with Gasteiger partial charge >= 0.3 is 17.9 Å². The van der Waals surface area contributed by atoms with E-state index in [2.05, 4.69) is 4.74 Å². The lowest BCUT2D eigenvalue weighted by Gasteiger charge is -2.18. The Kier molecular flexibility index (Phi) is 4.62. The monoisotopic (exact) mass is 243 g/mol. The maximum Gasteiger partial charge on any atom is 0.320 e. The van der Waals surface area contributed by atoms with Crippen molar-refractivity contribution < 1.29 is 24.2 Å². The number of carbonyl (C=O) groups is 3. The van der Waals surface area contributed by atoms with Gasteiger partial charge in [-0.05, 0) is 19.8 Å². The number of hydrogen-bond donors (Lipinski definition) is 2. The zero-order chi connectivity index (χ0) is 13.0. The van der Waals surface area contributed by atoms with Crippen molar-refractivity contribution in [3.63, 3.8) is 0 Å². The van der Waals surface area contributed by atoms with E-state index >= 15 is 0 Å². The lowest BCUT2D eigenvalue weighted by atomic mass is 9.81. The molecule has 2 rings (SSSR count).